The number of hydrogen-bond acceptors (Lipinski definition) is 9. The third-order valence-electron chi connectivity index (χ3n) is 10.3. The van der Waals surface area contributed by atoms with Gasteiger partial charge in [-0.1, -0.05) is 28.1 Å². The maximum absolute atomic E-state index is 13.4. The normalized spacial score (nSPS) is 17.9. The number of ether oxygens (including phenoxy) is 7. The first-order valence-electron chi connectivity index (χ1n) is 17.3. The van der Waals surface area contributed by atoms with Crippen LogP contribution in [0.25, 0.3) is 0 Å². The Labute approximate surface area is 321 Å². The second-order valence-electron chi connectivity index (χ2n) is 13.1. The SMILES string of the molecule is CCOC(=O)N1CCc2cc(OC)c3cc2[C@@H]1Cc1ccc(cc1)Oc1cc(c(Br)cc1OC)C[C@H]1c2c(c(Br)c(OC)c(OC)c2O3)CCN1C. The van der Waals surface area contributed by atoms with Crippen molar-refractivity contribution in [3.8, 4) is 46.0 Å². The van der Waals surface area contributed by atoms with Gasteiger partial charge in [0.25, 0.3) is 0 Å². The maximum atomic E-state index is 13.4. The summed E-state index contributed by atoms with van der Waals surface area (Å²) in [5, 5.41) is 0. The molecule has 12 heteroatoms. The fourth-order valence-electron chi connectivity index (χ4n) is 7.63. The fraction of sp³-hybridized carbons (Fsp3) is 0.375. The minimum atomic E-state index is -0.351. The number of amides is 1. The largest absolute Gasteiger partial charge is 0.493 e. The smallest absolute Gasteiger partial charge is 0.410 e. The van der Waals surface area contributed by atoms with Crippen LogP contribution in [0.3, 0.4) is 0 Å². The Kier molecular flexibility index (Phi) is 10.5. The molecule has 0 fully saturated rings. The molecular formula is C40H42Br2N2O8. The van der Waals surface area contributed by atoms with Crippen LogP contribution in [0.2, 0.25) is 0 Å². The zero-order valence-electron chi connectivity index (χ0n) is 30.1. The first-order valence-corrected chi connectivity index (χ1v) is 18.9. The number of rotatable bonds is 5. The Morgan fingerprint density at radius 2 is 1.52 bits per heavy atom. The predicted molar refractivity (Wildman–Crippen MR) is 204 cm³/mol. The molecule has 0 unspecified atom stereocenters. The van der Waals surface area contributed by atoms with Crippen LogP contribution < -0.4 is 28.4 Å². The second-order valence-corrected chi connectivity index (χ2v) is 14.7. The molecule has 0 spiro atoms. The molecule has 52 heavy (non-hydrogen) atoms. The van der Waals surface area contributed by atoms with E-state index in [0.717, 1.165) is 55.3 Å². The van der Waals surface area contributed by atoms with E-state index in [1.807, 2.05) is 60.4 Å². The van der Waals surface area contributed by atoms with Crippen LogP contribution in [-0.2, 0) is 30.4 Å². The van der Waals surface area contributed by atoms with E-state index in [9.17, 15) is 4.79 Å². The summed E-state index contributed by atoms with van der Waals surface area (Å²) >= 11 is 7.71. The molecular weight excluding hydrogens is 796 g/mol. The molecule has 0 radical (unpaired) electrons. The van der Waals surface area contributed by atoms with E-state index in [1.54, 1.807) is 28.4 Å². The van der Waals surface area contributed by atoms with Crippen LogP contribution >= 0.6 is 31.9 Å². The summed E-state index contributed by atoms with van der Waals surface area (Å²) in [7, 11) is 8.66. The van der Waals surface area contributed by atoms with Crippen LogP contribution in [0.15, 0.2) is 57.5 Å². The van der Waals surface area contributed by atoms with Crippen molar-refractivity contribution in [1.29, 1.82) is 0 Å². The fourth-order valence-corrected chi connectivity index (χ4v) is 8.87. The van der Waals surface area contributed by atoms with Gasteiger partial charge in [0.05, 0.1) is 45.6 Å². The molecule has 4 aromatic carbocycles. The van der Waals surface area contributed by atoms with Gasteiger partial charge in [-0.25, -0.2) is 4.79 Å². The Bertz CT molecular complexity index is 2000. The van der Waals surface area contributed by atoms with Crippen LogP contribution in [0.5, 0.6) is 46.0 Å². The molecule has 0 saturated heterocycles. The van der Waals surface area contributed by atoms with Gasteiger partial charge in [-0.3, -0.25) is 4.90 Å². The summed E-state index contributed by atoms with van der Waals surface area (Å²) in [5.74, 6) is 4.52. The molecule has 4 aliphatic rings. The molecule has 0 aromatic heterocycles. The van der Waals surface area contributed by atoms with Gasteiger partial charge in [-0.2, -0.15) is 0 Å². The quantitative estimate of drug-likeness (QED) is 0.195. The van der Waals surface area contributed by atoms with E-state index in [4.69, 9.17) is 33.2 Å². The molecule has 6 bridgehead atoms. The lowest BCUT2D eigenvalue weighted by molar-refractivity contribution is 0.0863. The Morgan fingerprint density at radius 3 is 2.21 bits per heavy atom. The number of carbonyl (C=O) groups is 1. The molecule has 8 rings (SSSR count). The van der Waals surface area contributed by atoms with E-state index in [-0.39, 0.29) is 24.8 Å². The summed E-state index contributed by atoms with van der Waals surface area (Å²) in [6, 6.07) is 15.5. The molecule has 10 nitrogen and oxygen atoms in total. The van der Waals surface area contributed by atoms with Gasteiger partial charge in [0, 0.05) is 29.2 Å². The summed E-state index contributed by atoms with van der Waals surface area (Å²) in [6.07, 6.45) is 2.20. The highest BCUT2D eigenvalue weighted by molar-refractivity contribution is 9.11. The number of likely N-dealkylation sites (N-methyl/N-ethyl adjacent to an activating group) is 1. The van der Waals surface area contributed by atoms with Crippen molar-refractivity contribution in [3.05, 3.63) is 90.9 Å². The van der Waals surface area contributed by atoms with Gasteiger partial charge in [0.2, 0.25) is 5.75 Å². The maximum Gasteiger partial charge on any atom is 0.410 e. The lowest BCUT2D eigenvalue weighted by Crippen LogP contribution is -2.41. The van der Waals surface area contributed by atoms with Crippen molar-refractivity contribution >= 4 is 38.0 Å². The van der Waals surface area contributed by atoms with Gasteiger partial charge in [0.15, 0.2) is 34.5 Å². The summed E-state index contributed by atoms with van der Waals surface area (Å²) in [5.41, 5.74) is 6.16. The molecule has 1 amide bonds. The summed E-state index contributed by atoms with van der Waals surface area (Å²) in [4.78, 5) is 17.6. The second kappa shape index (κ2) is 15.1. The lowest BCUT2D eigenvalue weighted by Gasteiger charge is -2.38. The van der Waals surface area contributed by atoms with E-state index >= 15 is 0 Å². The van der Waals surface area contributed by atoms with E-state index < -0.39 is 0 Å². The first kappa shape index (κ1) is 36.2. The molecule has 0 saturated carbocycles. The number of nitrogens with zero attached hydrogens (tertiary/aromatic N) is 2. The molecule has 0 aliphatic carbocycles. The standard InChI is InChI=1S/C40H42Br2N2O8/c1-7-50-40(45)44-15-12-23-18-31(46-3)34-20-27(23)29(44)16-22-8-10-25(11-9-22)51-33-19-24(28(41)21-32(33)47-4)17-30-35-26(13-14-43(30)2)36(42)38(48-5)39(49-6)37(35)52-34/h8-11,18-21,29-30H,7,12-17H2,1-6H3/t29-,30-/m0/s1. The Hall–Kier alpha value is -4.13. The predicted octanol–water partition coefficient (Wildman–Crippen LogP) is 9.21. The number of benzene rings is 4. The topological polar surface area (TPSA) is 88.2 Å². The Morgan fingerprint density at radius 1 is 0.808 bits per heavy atom. The molecule has 0 N–H and O–H groups in total. The van der Waals surface area contributed by atoms with Crippen molar-refractivity contribution in [2.45, 2.75) is 44.7 Å². The van der Waals surface area contributed by atoms with Crippen LogP contribution in [0.1, 0.15) is 52.4 Å². The van der Waals surface area contributed by atoms with Crippen LogP contribution in [0.4, 0.5) is 4.79 Å². The first-order chi connectivity index (χ1) is 25.2. The summed E-state index contributed by atoms with van der Waals surface area (Å²) in [6.45, 7) is 3.42. The highest BCUT2D eigenvalue weighted by atomic mass is 79.9. The number of methoxy groups -OCH3 is 4. The molecule has 4 aromatic rings. The van der Waals surface area contributed by atoms with Crippen molar-refractivity contribution in [3.63, 3.8) is 0 Å². The number of fused-ring (bicyclic) bond motifs is 2. The highest BCUT2D eigenvalue weighted by Crippen LogP contribution is 2.55. The summed E-state index contributed by atoms with van der Waals surface area (Å²) < 4.78 is 44.7. The van der Waals surface area contributed by atoms with E-state index in [2.05, 4.69) is 43.8 Å². The zero-order valence-corrected chi connectivity index (χ0v) is 33.3. The van der Waals surface area contributed by atoms with Crippen molar-refractivity contribution in [2.24, 2.45) is 0 Å². The average molecular weight is 839 g/mol. The monoisotopic (exact) mass is 836 g/mol. The van der Waals surface area contributed by atoms with Gasteiger partial charge in [-0.05, 0) is 120 Å². The van der Waals surface area contributed by atoms with Gasteiger partial charge in [0.1, 0.15) is 5.75 Å². The van der Waals surface area contributed by atoms with Crippen LogP contribution in [0, 0.1) is 0 Å². The third-order valence-corrected chi connectivity index (χ3v) is 11.8. The highest BCUT2D eigenvalue weighted by Gasteiger charge is 2.38. The third kappa shape index (κ3) is 6.54. The van der Waals surface area contributed by atoms with Crippen molar-refractivity contribution < 1.29 is 38.0 Å². The minimum Gasteiger partial charge on any atom is -0.493 e. The molecule has 4 heterocycles. The van der Waals surface area contributed by atoms with Gasteiger partial charge < -0.3 is 38.1 Å². The average Bonchev–Trinajstić information content (AvgIpc) is 3.14. The minimum absolute atomic E-state index is 0.138. The van der Waals surface area contributed by atoms with E-state index in [0.29, 0.717) is 71.8 Å². The van der Waals surface area contributed by atoms with Gasteiger partial charge >= 0.3 is 6.09 Å². The molecule has 274 valence electrons. The number of halogens is 2. The number of hydrogen-bond donors (Lipinski definition) is 0. The lowest BCUT2D eigenvalue weighted by atomic mass is 9.87. The molecule has 4 aliphatic heterocycles. The Balaban J connectivity index is 1.50. The van der Waals surface area contributed by atoms with Gasteiger partial charge in [-0.15, -0.1) is 0 Å². The van der Waals surface area contributed by atoms with Crippen LogP contribution in [-0.4, -0.2) is 71.1 Å². The molecule has 2 atom stereocenters. The van der Waals surface area contributed by atoms with E-state index in [1.165, 1.54) is 0 Å². The van der Waals surface area contributed by atoms with Crippen molar-refractivity contribution in [1.82, 2.24) is 9.80 Å². The zero-order chi connectivity index (χ0) is 36.7. The number of carbonyl (C=O) groups excluding carboxylic acids is 1. The van der Waals surface area contributed by atoms with Crippen molar-refractivity contribution in [2.75, 3.05) is 55.2 Å².